The second-order valence-electron chi connectivity index (χ2n) is 7.54. The molecule has 4 aromatic rings. The quantitative estimate of drug-likeness (QED) is 0.518. The van der Waals surface area contributed by atoms with E-state index < -0.39 is 5.91 Å². The van der Waals surface area contributed by atoms with Gasteiger partial charge in [-0.3, -0.25) is 9.59 Å². The molecule has 2 heterocycles. The van der Waals surface area contributed by atoms with Crippen LogP contribution in [-0.2, 0) is 6.42 Å². The van der Waals surface area contributed by atoms with Crippen molar-refractivity contribution in [1.29, 1.82) is 0 Å². The van der Waals surface area contributed by atoms with Crippen LogP contribution in [0.4, 0.5) is 5.69 Å². The van der Waals surface area contributed by atoms with Gasteiger partial charge >= 0.3 is 0 Å². The van der Waals surface area contributed by atoms with Crippen molar-refractivity contribution in [3.8, 4) is 11.5 Å². The average Bonchev–Trinajstić information content (AvgIpc) is 3.08. The Balaban J connectivity index is 1.41. The predicted molar refractivity (Wildman–Crippen MR) is 118 cm³/mol. The number of hydrogen-bond acceptors (Lipinski definition) is 3. The molecule has 1 aliphatic rings. The molecule has 1 aliphatic heterocycles. The maximum Gasteiger partial charge on any atom is 0.261 e. The van der Waals surface area contributed by atoms with Crippen LogP contribution in [0, 0.1) is 0 Å². The first-order chi connectivity index (χ1) is 14.6. The number of ether oxygens (including phenoxy) is 1. The van der Waals surface area contributed by atoms with Crippen LogP contribution in [0.15, 0.2) is 83.8 Å². The third-order valence-electron chi connectivity index (χ3n) is 5.46. The van der Waals surface area contributed by atoms with E-state index in [9.17, 15) is 9.59 Å². The highest BCUT2D eigenvalue weighted by molar-refractivity contribution is 6.06. The smallest absolute Gasteiger partial charge is 0.261 e. The van der Waals surface area contributed by atoms with Gasteiger partial charge < -0.3 is 14.6 Å². The summed E-state index contributed by atoms with van der Waals surface area (Å²) >= 11 is 0. The number of pyridine rings is 1. The Kier molecular flexibility index (Phi) is 4.36. The van der Waals surface area contributed by atoms with E-state index in [0.29, 0.717) is 16.8 Å². The molecule has 1 aromatic heterocycles. The Morgan fingerprint density at radius 2 is 1.70 bits per heavy atom. The van der Waals surface area contributed by atoms with E-state index in [2.05, 4.69) is 12.2 Å². The Bertz CT molecular complexity index is 1310. The summed E-state index contributed by atoms with van der Waals surface area (Å²) in [6.07, 6.45) is 2.55. The lowest BCUT2D eigenvalue weighted by atomic mass is 10.1. The van der Waals surface area contributed by atoms with Crippen LogP contribution < -0.4 is 15.5 Å². The molecule has 148 valence electrons. The first-order valence-electron chi connectivity index (χ1n) is 9.91. The fourth-order valence-corrected chi connectivity index (χ4v) is 4.01. The van der Waals surface area contributed by atoms with Crippen molar-refractivity contribution in [1.82, 2.24) is 4.57 Å². The summed E-state index contributed by atoms with van der Waals surface area (Å²) in [5.41, 5.74) is 2.60. The number of para-hydroxylation sites is 2. The standard InChI is InChI=1S/C25H20N2O3/c1-16-14-17-6-5-9-21-23(17)27(16)15-22(24(21)28)25(29)26-18-10-12-20(13-11-18)30-19-7-3-2-4-8-19/h2-13,15-16H,14H2,1H3,(H,26,29)/t16-/m1/s1. The Morgan fingerprint density at radius 1 is 0.967 bits per heavy atom. The maximum absolute atomic E-state index is 13.0. The summed E-state index contributed by atoms with van der Waals surface area (Å²) in [4.78, 5) is 25.9. The summed E-state index contributed by atoms with van der Waals surface area (Å²) in [5, 5.41) is 3.42. The van der Waals surface area contributed by atoms with Gasteiger partial charge in [0.1, 0.15) is 17.1 Å². The van der Waals surface area contributed by atoms with E-state index in [4.69, 9.17) is 4.74 Å². The van der Waals surface area contributed by atoms with E-state index in [1.54, 1.807) is 36.5 Å². The number of nitrogens with zero attached hydrogens (tertiary/aromatic N) is 1. The van der Waals surface area contributed by atoms with Crippen molar-refractivity contribution < 1.29 is 9.53 Å². The van der Waals surface area contributed by atoms with Gasteiger partial charge in [0.05, 0.1) is 5.52 Å². The molecular weight excluding hydrogens is 376 g/mol. The molecule has 0 bridgehead atoms. The predicted octanol–water partition coefficient (Wildman–Crippen LogP) is 5.16. The molecule has 0 aliphatic carbocycles. The van der Waals surface area contributed by atoms with E-state index in [1.165, 1.54) is 0 Å². The fraction of sp³-hybridized carbons (Fsp3) is 0.120. The topological polar surface area (TPSA) is 60.3 Å². The highest BCUT2D eigenvalue weighted by atomic mass is 16.5. The van der Waals surface area contributed by atoms with Crippen molar-refractivity contribution in [2.75, 3.05) is 5.32 Å². The van der Waals surface area contributed by atoms with Crippen LogP contribution in [-0.4, -0.2) is 10.5 Å². The molecule has 3 aromatic carbocycles. The molecule has 30 heavy (non-hydrogen) atoms. The van der Waals surface area contributed by atoms with Crippen molar-refractivity contribution in [2.24, 2.45) is 0 Å². The van der Waals surface area contributed by atoms with Crippen LogP contribution in [0.25, 0.3) is 10.9 Å². The van der Waals surface area contributed by atoms with Crippen LogP contribution in [0.2, 0.25) is 0 Å². The third-order valence-corrected chi connectivity index (χ3v) is 5.46. The average molecular weight is 396 g/mol. The highest BCUT2D eigenvalue weighted by Crippen LogP contribution is 2.31. The lowest BCUT2D eigenvalue weighted by Crippen LogP contribution is -2.23. The zero-order valence-corrected chi connectivity index (χ0v) is 16.5. The molecule has 1 amide bonds. The van der Waals surface area contributed by atoms with E-state index in [0.717, 1.165) is 23.3 Å². The summed E-state index contributed by atoms with van der Waals surface area (Å²) in [7, 11) is 0. The minimum atomic E-state index is -0.410. The Morgan fingerprint density at radius 3 is 2.47 bits per heavy atom. The number of anilines is 1. The molecule has 5 rings (SSSR count). The van der Waals surface area contributed by atoms with Gasteiger partial charge in [0, 0.05) is 23.3 Å². The van der Waals surface area contributed by atoms with Crippen LogP contribution in [0.3, 0.4) is 0 Å². The fourth-order valence-electron chi connectivity index (χ4n) is 4.01. The zero-order chi connectivity index (χ0) is 20.7. The minimum absolute atomic E-state index is 0.151. The lowest BCUT2D eigenvalue weighted by Gasteiger charge is -2.13. The first kappa shape index (κ1) is 18.2. The van der Waals surface area contributed by atoms with E-state index in [-0.39, 0.29) is 17.0 Å². The first-order valence-corrected chi connectivity index (χ1v) is 9.91. The number of rotatable bonds is 4. The van der Waals surface area contributed by atoms with Gasteiger partial charge in [-0.15, -0.1) is 0 Å². The van der Waals surface area contributed by atoms with Gasteiger partial charge in [0.25, 0.3) is 5.91 Å². The molecule has 5 nitrogen and oxygen atoms in total. The number of nitrogens with one attached hydrogen (secondary N) is 1. The number of benzene rings is 3. The molecular formula is C25H20N2O3. The van der Waals surface area contributed by atoms with Crippen molar-refractivity contribution >= 4 is 22.5 Å². The van der Waals surface area contributed by atoms with E-state index >= 15 is 0 Å². The molecule has 1 atom stereocenters. The number of carbonyl (C=O) groups is 1. The Labute approximate surface area is 173 Å². The van der Waals surface area contributed by atoms with Gasteiger partial charge in [-0.1, -0.05) is 30.3 Å². The van der Waals surface area contributed by atoms with Gasteiger partial charge in [-0.2, -0.15) is 0 Å². The van der Waals surface area contributed by atoms with Gasteiger partial charge in [-0.05, 0) is 61.4 Å². The maximum atomic E-state index is 13.0. The Hall–Kier alpha value is -3.86. The summed E-state index contributed by atoms with van der Waals surface area (Å²) in [5.74, 6) is 0.997. The second kappa shape index (κ2) is 7.19. The third kappa shape index (κ3) is 3.14. The minimum Gasteiger partial charge on any atom is -0.457 e. The van der Waals surface area contributed by atoms with Crippen molar-refractivity contribution in [2.45, 2.75) is 19.4 Å². The van der Waals surface area contributed by atoms with E-state index in [1.807, 2.05) is 47.0 Å². The molecule has 0 unspecified atom stereocenters. The summed E-state index contributed by atoms with van der Waals surface area (Å²) < 4.78 is 7.81. The molecule has 0 saturated heterocycles. The van der Waals surface area contributed by atoms with Gasteiger partial charge in [-0.25, -0.2) is 0 Å². The molecule has 0 radical (unpaired) electrons. The molecule has 5 heteroatoms. The molecule has 1 N–H and O–H groups in total. The monoisotopic (exact) mass is 396 g/mol. The molecule has 0 saturated carbocycles. The van der Waals surface area contributed by atoms with Gasteiger partial charge in [0.15, 0.2) is 0 Å². The van der Waals surface area contributed by atoms with Crippen molar-refractivity contribution in [3.05, 3.63) is 100 Å². The van der Waals surface area contributed by atoms with Crippen molar-refractivity contribution in [3.63, 3.8) is 0 Å². The van der Waals surface area contributed by atoms with Crippen LogP contribution >= 0.6 is 0 Å². The number of amides is 1. The zero-order valence-electron chi connectivity index (χ0n) is 16.5. The molecule has 0 spiro atoms. The summed E-state index contributed by atoms with van der Waals surface area (Å²) in [6.45, 7) is 2.09. The normalized spacial score (nSPS) is 14.6. The van der Waals surface area contributed by atoms with Crippen LogP contribution in [0.5, 0.6) is 11.5 Å². The SMILES string of the molecule is C[C@@H]1Cc2cccc3c(=O)c(C(=O)Nc4ccc(Oc5ccccc5)cc4)cn1c23. The molecule has 0 fully saturated rings. The lowest BCUT2D eigenvalue weighted by molar-refractivity contribution is 0.102. The van der Waals surface area contributed by atoms with Crippen LogP contribution in [0.1, 0.15) is 28.9 Å². The number of hydrogen-bond donors (Lipinski definition) is 1. The highest BCUT2D eigenvalue weighted by Gasteiger charge is 2.24. The second-order valence-corrected chi connectivity index (χ2v) is 7.54. The largest absolute Gasteiger partial charge is 0.457 e. The summed E-state index contributed by atoms with van der Waals surface area (Å²) in [6, 6.07) is 22.5. The van der Waals surface area contributed by atoms with Gasteiger partial charge in [0.2, 0.25) is 5.43 Å². The number of aromatic nitrogens is 1. The number of carbonyl (C=O) groups excluding carboxylic acids is 1.